The van der Waals surface area contributed by atoms with Crippen LogP contribution in [0, 0.1) is 18.6 Å². The molecular formula is C26H19F2N4O2S-. The number of aliphatic imine (C=N–C) groups is 1. The van der Waals surface area contributed by atoms with Gasteiger partial charge in [-0.2, -0.15) is 0 Å². The van der Waals surface area contributed by atoms with Gasteiger partial charge in [0.05, 0.1) is 5.56 Å². The molecular weight excluding hydrogens is 470 g/mol. The molecule has 0 aliphatic carbocycles. The molecule has 0 saturated carbocycles. The van der Waals surface area contributed by atoms with Crippen LogP contribution in [0.25, 0.3) is 11.1 Å². The summed E-state index contributed by atoms with van der Waals surface area (Å²) < 4.78 is 52.8. The van der Waals surface area contributed by atoms with Crippen molar-refractivity contribution in [3.63, 3.8) is 0 Å². The number of benzene rings is 2. The van der Waals surface area contributed by atoms with Gasteiger partial charge in [0.1, 0.15) is 23.0 Å². The molecule has 1 aliphatic rings. The van der Waals surface area contributed by atoms with E-state index in [4.69, 9.17) is 5.73 Å². The van der Waals surface area contributed by atoms with E-state index in [1.54, 1.807) is 61.8 Å². The van der Waals surface area contributed by atoms with E-state index >= 15 is 4.39 Å². The molecule has 1 aliphatic heterocycles. The smallest absolute Gasteiger partial charge is 0.142 e. The zero-order valence-corrected chi connectivity index (χ0v) is 19.4. The Labute approximate surface area is 202 Å². The van der Waals surface area contributed by atoms with Crippen LogP contribution in [0.3, 0.4) is 0 Å². The van der Waals surface area contributed by atoms with Crippen molar-refractivity contribution in [1.29, 1.82) is 0 Å². The second-order valence-electron chi connectivity index (χ2n) is 8.28. The third-order valence-electron chi connectivity index (χ3n) is 6.03. The average Bonchev–Trinajstić information content (AvgIpc) is 3.13. The summed E-state index contributed by atoms with van der Waals surface area (Å²) in [6.45, 7) is 1.80. The van der Waals surface area contributed by atoms with Gasteiger partial charge in [-0.3, -0.25) is 14.2 Å². The van der Waals surface area contributed by atoms with Crippen LogP contribution in [0.1, 0.15) is 33.5 Å². The molecule has 2 atom stereocenters. The molecule has 0 spiro atoms. The number of aryl methyl sites for hydroxylation is 1. The lowest BCUT2D eigenvalue weighted by atomic mass is 9.76. The second-order valence-corrected chi connectivity index (χ2v) is 9.18. The summed E-state index contributed by atoms with van der Waals surface area (Å²) in [5.41, 5.74) is 8.44. The van der Waals surface area contributed by atoms with Crippen molar-refractivity contribution in [3.05, 3.63) is 118 Å². The predicted molar refractivity (Wildman–Crippen MR) is 128 cm³/mol. The summed E-state index contributed by atoms with van der Waals surface area (Å²) in [4.78, 5) is 13.1. The van der Waals surface area contributed by atoms with E-state index in [9.17, 15) is 13.2 Å². The molecule has 2 unspecified atom stereocenters. The van der Waals surface area contributed by atoms with Gasteiger partial charge in [-0.15, -0.1) is 0 Å². The molecule has 4 aromatic rings. The Morgan fingerprint density at radius 2 is 1.83 bits per heavy atom. The highest BCUT2D eigenvalue weighted by atomic mass is 32.2. The van der Waals surface area contributed by atoms with Gasteiger partial charge in [0.25, 0.3) is 0 Å². The Balaban J connectivity index is 1.78. The van der Waals surface area contributed by atoms with Crippen LogP contribution < -0.4 is 5.73 Å². The van der Waals surface area contributed by atoms with Gasteiger partial charge in [-0.1, -0.05) is 29.3 Å². The lowest BCUT2D eigenvalue weighted by Crippen LogP contribution is -2.27. The van der Waals surface area contributed by atoms with Crippen molar-refractivity contribution in [2.75, 3.05) is 0 Å². The topological polar surface area (TPSA) is 104 Å². The number of pyridine rings is 2. The highest BCUT2D eigenvalue weighted by Crippen LogP contribution is 2.48. The normalized spacial score (nSPS) is 17.7. The first-order valence-corrected chi connectivity index (χ1v) is 11.9. The van der Waals surface area contributed by atoms with Crippen molar-refractivity contribution in [2.45, 2.75) is 18.2 Å². The Kier molecular flexibility index (Phi) is 5.74. The van der Waals surface area contributed by atoms with E-state index < -0.39 is 28.3 Å². The van der Waals surface area contributed by atoms with Gasteiger partial charge >= 0.3 is 0 Å². The summed E-state index contributed by atoms with van der Waals surface area (Å²) in [5, 5.41) is 0. The van der Waals surface area contributed by atoms with Crippen LogP contribution in [0.15, 0.2) is 78.2 Å². The molecule has 0 amide bonds. The van der Waals surface area contributed by atoms with Crippen LogP contribution in [-0.4, -0.2) is 24.6 Å². The van der Waals surface area contributed by atoms with Crippen molar-refractivity contribution in [1.82, 2.24) is 9.97 Å². The molecule has 2 aromatic carbocycles. The minimum absolute atomic E-state index is 0.0287. The Morgan fingerprint density at radius 1 is 1.00 bits per heavy atom. The lowest BCUT2D eigenvalue weighted by Gasteiger charge is -2.30. The monoisotopic (exact) mass is 489 g/mol. The third-order valence-corrected chi connectivity index (χ3v) is 6.60. The van der Waals surface area contributed by atoms with Crippen LogP contribution >= 0.6 is 0 Å². The van der Waals surface area contributed by atoms with Gasteiger partial charge in [-0.25, -0.2) is 13.8 Å². The highest BCUT2D eigenvalue weighted by molar-refractivity contribution is 7.78. The molecule has 0 bridgehead atoms. The zero-order chi connectivity index (χ0) is 24.7. The third kappa shape index (κ3) is 3.92. The maximum Gasteiger partial charge on any atom is 0.142 e. The molecule has 176 valence electrons. The van der Waals surface area contributed by atoms with Gasteiger partial charge in [0.15, 0.2) is 0 Å². The van der Waals surface area contributed by atoms with E-state index in [1.165, 1.54) is 18.3 Å². The molecule has 6 nitrogen and oxygen atoms in total. The van der Waals surface area contributed by atoms with Crippen LogP contribution in [0.4, 0.5) is 8.78 Å². The first-order valence-electron chi connectivity index (χ1n) is 10.7. The summed E-state index contributed by atoms with van der Waals surface area (Å²) in [6, 6.07) is 14.2. The molecule has 0 fully saturated rings. The molecule has 35 heavy (non-hydrogen) atoms. The van der Waals surface area contributed by atoms with Crippen LogP contribution in [0.5, 0.6) is 0 Å². The van der Waals surface area contributed by atoms with E-state index in [0.717, 1.165) is 0 Å². The Morgan fingerprint density at radius 3 is 2.60 bits per heavy atom. The minimum Gasteiger partial charge on any atom is -0.772 e. The van der Waals surface area contributed by atoms with Crippen LogP contribution in [0.2, 0.25) is 0 Å². The number of aromatic nitrogens is 2. The van der Waals surface area contributed by atoms with E-state index in [1.807, 2.05) is 0 Å². The SMILES string of the molecule is Cc1cc(C2(c3cc(-c4cncc(CS(=O)[O-])c4)ccc3F)N=C(N)c3c(F)cccc32)ccn1. The number of nitrogens with zero attached hydrogens (tertiary/aromatic N) is 3. The number of nitrogens with two attached hydrogens (primary N) is 1. The molecule has 2 N–H and O–H groups in total. The van der Waals surface area contributed by atoms with E-state index in [2.05, 4.69) is 15.0 Å². The summed E-state index contributed by atoms with van der Waals surface area (Å²) in [6.07, 6.45) is 4.62. The van der Waals surface area contributed by atoms with Gasteiger partial charge in [0, 0.05) is 46.7 Å². The maximum atomic E-state index is 15.6. The Bertz CT molecular complexity index is 1530. The number of halogens is 2. The predicted octanol–water partition coefficient (Wildman–Crippen LogP) is 4.12. The lowest BCUT2D eigenvalue weighted by molar-refractivity contribution is 0.536. The standard InChI is InChI=1S/C26H20F2N4O2S/c1-15-9-19(7-8-31-15)26(20-3-2-4-23(28)24(20)25(29)32-26)21-11-17(5-6-22(21)27)18-10-16(12-30-13-18)14-35(33)34/h2-13H,14H2,1H3,(H2,29,32)(H,33,34)/p-1. The van der Waals surface area contributed by atoms with Gasteiger partial charge in [0.2, 0.25) is 0 Å². The number of fused-ring (bicyclic) bond motifs is 1. The second kappa shape index (κ2) is 8.75. The molecule has 3 heterocycles. The Hall–Kier alpha value is -3.82. The average molecular weight is 490 g/mol. The molecule has 0 saturated heterocycles. The molecule has 9 heteroatoms. The summed E-state index contributed by atoms with van der Waals surface area (Å²) in [5.74, 6) is -1.32. The van der Waals surface area contributed by atoms with Gasteiger partial charge < -0.3 is 10.3 Å². The van der Waals surface area contributed by atoms with Crippen molar-refractivity contribution < 1.29 is 17.5 Å². The van der Waals surface area contributed by atoms with Crippen molar-refractivity contribution in [2.24, 2.45) is 10.7 Å². The maximum absolute atomic E-state index is 15.6. The fourth-order valence-electron chi connectivity index (χ4n) is 4.58. The highest BCUT2D eigenvalue weighted by Gasteiger charge is 2.46. The first-order chi connectivity index (χ1) is 16.8. The molecule has 0 radical (unpaired) electrons. The largest absolute Gasteiger partial charge is 0.772 e. The first kappa shape index (κ1) is 22.9. The van der Waals surface area contributed by atoms with Crippen molar-refractivity contribution in [3.8, 4) is 11.1 Å². The number of amidine groups is 1. The van der Waals surface area contributed by atoms with Gasteiger partial charge in [-0.05, 0) is 60.0 Å². The molecule has 2 aromatic heterocycles. The van der Waals surface area contributed by atoms with E-state index in [-0.39, 0.29) is 22.7 Å². The summed E-state index contributed by atoms with van der Waals surface area (Å²) in [7, 11) is 0. The number of rotatable bonds is 5. The zero-order valence-electron chi connectivity index (χ0n) is 18.5. The molecule has 5 rings (SSSR count). The quantitative estimate of drug-likeness (QED) is 0.425. The number of hydrogen-bond donors (Lipinski definition) is 1. The number of hydrogen-bond acceptors (Lipinski definition) is 6. The minimum atomic E-state index is -2.28. The summed E-state index contributed by atoms with van der Waals surface area (Å²) >= 11 is -2.28. The van der Waals surface area contributed by atoms with Crippen LogP contribution in [-0.2, 0) is 22.4 Å². The van der Waals surface area contributed by atoms with Crippen molar-refractivity contribution >= 4 is 16.9 Å². The fourth-order valence-corrected chi connectivity index (χ4v) is 5.01. The fraction of sp³-hybridized carbons (Fsp3) is 0.115. The van der Waals surface area contributed by atoms with E-state index in [0.29, 0.717) is 33.5 Å².